The van der Waals surface area contributed by atoms with Crippen LogP contribution in [0, 0.1) is 6.92 Å². The number of nitrogens with zero attached hydrogens (tertiary/aromatic N) is 2. The number of aromatic nitrogens is 2. The number of rotatable bonds is 8. The lowest BCUT2D eigenvalue weighted by atomic mass is 9.94. The SMILES string of the molecule is Cc1oc(-c2ccccc2)nc1CCOc1ccc(C[C@]2(C(=O)O)CCCO2)nc1. The predicted octanol–water partition coefficient (Wildman–Crippen LogP) is 3.84. The van der Waals surface area contributed by atoms with E-state index in [0.29, 0.717) is 43.4 Å². The Bertz CT molecular complexity index is 992. The van der Waals surface area contributed by atoms with Gasteiger partial charge in [0.25, 0.3) is 0 Å². The lowest BCUT2D eigenvalue weighted by Gasteiger charge is -2.22. The highest BCUT2D eigenvalue weighted by Gasteiger charge is 2.43. The van der Waals surface area contributed by atoms with Crippen molar-refractivity contribution in [2.75, 3.05) is 13.2 Å². The molecular formula is C23H24N2O5. The van der Waals surface area contributed by atoms with E-state index in [2.05, 4.69) is 9.97 Å². The van der Waals surface area contributed by atoms with Crippen molar-refractivity contribution < 1.29 is 23.8 Å². The van der Waals surface area contributed by atoms with Crippen LogP contribution in [0.25, 0.3) is 11.5 Å². The zero-order valence-corrected chi connectivity index (χ0v) is 16.8. The number of aryl methyl sites for hydroxylation is 1. The minimum Gasteiger partial charge on any atom is -0.492 e. The van der Waals surface area contributed by atoms with Crippen LogP contribution in [0.5, 0.6) is 5.75 Å². The third-order valence-electron chi connectivity index (χ3n) is 5.28. The van der Waals surface area contributed by atoms with Gasteiger partial charge in [0.1, 0.15) is 11.5 Å². The lowest BCUT2D eigenvalue weighted by Crippen LogP contribution is -2.40. The highest BCUT2D eigenvalue weighted by atomic mass is 16.5. The number of ether oxygens (including phenoxy) is 2. The molecular weight excluding hydrogens is 384 g/mol. The number of aliphatic carboxylic acids is 1. The minimum atomic E-state index is -1.16. The molecule has 0 aliphatic carbocycles. The number of benzene rings is 1. The number of carbonyl (C=O) groups is 1. The molecule has 1 aliphatic heterocycles. The highest BCUT2D eigenvalue weighted by Crippen LogP contribution is 2.30. The van der Waals surface area contributed by atoms with Gasteiger partial charge in [0, 0.05) is 30.7 Å². The molecule has 3 heterocycles. The van der Waals surface area contributed by atoms with Gasteiger partial charge in [-0.3, -0.25) is 4.98 Å². The Labute approximate surface area is 174 Å². The fourth-order valence-electron chi connectivity index (χ4n) is 3.60. The Hall–Kier alpha value is -3.19. The summed E-state index contributed by atoms with van der Waals surface area (Å²) in [5.74, 6) is 1.08. The topological polar surface area (TPSA) is 94.7 Å². The number of carboxylic acids is 1. The monoisotopic (exact) mass is 408 g/mol. The molecule has 1 N–H and O–H groups in total. The zero-order chi connectivity index (χ0) is 21.0. The van der Waals surface area contributed by atoms with Crippen molar-refractivity contribution in [1.82, 2.24) is 9.97 Å². The van der Waals surface area contributed by atoms with Gasteiger partial charge in [0.15, 0.2) is 5.60 Å². The molecule has 0 amide bonds. The van der Waals surface area contributed by atoms with E-state index < -0.39 is 11.6 Å². The molecule has 4 rings (SSSR count). The van der Waals surface area contributed by atoms with Crippen LogP contribution in [-0.4, -0.2) is 39.9 Å². The number of oxazole rings is 1. The first-order valence-corrected chi connectivity index (χ1v) is 10.0. The van der Waals surface area contributed by atoms with Crippen LogP contribution in [-0.2, 0) is 22.4 Å². The largest absolute Gasteiger partial charge is 0.492 e. The molecule has 1 saturated heterocycles. The standard InChI is InChI=1S/C23H24N2O5/c1-16-20(25-21(30-16)17-6-3-2-4-7-17)10-13-28-19-9-8-18(24-15-19)14-23(22(26)27)11-5-12-29-23/h2-4,6-9,15H,5,10-14H2,1H3,(H,26,27)/t23-/m0/s1. The molecule has 30 heavy (non-hydrogen) atoms. The summed E-state index contributed by atoms with van der Waals surface area (Å²) < 4.78 is 17.1. The second kappa shape index (κ2) is 8.67. The zero-order valence-electron chi connectivity index (χ0n) is 16.8. The molecule has 0 spiro atoms. The maximum atomic E-state index is 11.6. The molecule has 1 atom stereocenters. The van der Waals surface area contributed by atoms with E-state index in [1.807, 2.05) is 37.3 Å². The molecule has 1 aliphatic rings. The summed E-state index contributed by atoms with van der Waals surface area (Å²) >= 11 is 0. The van der Waals surface area contributed by atoms with E-state index >= 15 is 0 Å². The van der Waals surface area contributed by atoms with Crippen molar-refractivity contribution in [3.8, 4) is 17.2 Å². The highest BCUT2D eigenvalue weighted by molar-refractivity contribution is 5.78. The van der Waals surface area contributed by atoms with Gasteiger partial charge in [-0.2, -0.15) is 0 Å². The maximum absolute atomic E-state index is 11.6. The van der Waals surface area contributed by atoms with Crippen LogP contribution in [0.1, 0.15) is 30.0 Å². The molecule has 3 aromatic rings. The van der Waals surface area contributed by atoms with Gasteiger partial charge in [0.05, 0.1) is 18.5 Å². The summed E-state index contributed by atoms with van der Waals surface area (Å²) in [6, 6.07) is 13.4. The molecule has 7 heteroatoms. The second-order valence-corrected chi connectivity index (χ2v) is 7.40. The average molecular weight is 408 g/mol. The molecule has 0 radical (unpaired) electrons. The Balaban J connectivity index is 1.33. The van der Waals surface area contributed by atoms with Gasteiger partial charge in [-0.1, -0.05) is 18.2 Å². The predicted molar refractivity (Wildman–Crippen MR) is 109 cm³/mol. The van der Waals surface area contributed by atoms with Gasteiger partial charge >= 0.3 is 5.97 Å². The Morgan fingerprint density at radius 1 is 1.23 bits per heavy atom. The van der Waals surface area contributed by atoms with Gasteiger partial charge in [-0.25, -0.2) is 9.78 Å². The fourth-order valence-corrected chi connectivity index (χ4v) is 3.60. The summed E-state index contributed by atoms with van der Waals surface area (Å²) in [7, 11) is 0. The van der Waals surface area contributed by atoms with Crippen LogP contribution in [0.3, 0.4) is 0 Å². The summed E-state index contributed by atoms with van der Waals surface area (Å²) in [4.78, 5) is 20.5. The van der Waals surface area contributed by atoms with Crippen LogP contribution in [0.15, 0.2) is 53.1 Å². The second-order valence-electron chi connectivity index (χ2n) is 7.40. The van der Waals surface area contributed by atoms with Crippen molar-refractivity contribution in [3.05, 3.63) is 65.8 Å². The molecule has 156 valence electrons. The van der Waals surface area contributed by atoms with E-state index in [4.69, 9.17) is 13.9 Å². The van der Waals surface area contributed by atoms with E-state index in [1.165, 1.54) is 0 Å². The molecule has 7 nitrogen and oxygen atoms in total. The Kier molecular flexibility index (Phi) is 5.81. The Morgan fingerprint density at radius 2 is 2.07 bits per heavy atom. The van der Waals surface area contributed by atoms with Crippen LogP contribution in [0.4, 0.5) is 0 Å². The smallest absolute Gasteiger partial charge is 0.336 e. The van der Waals surface area contributed by atoms with Crippen LogP contribution in [0.2, 0.25) is 0 Å². The van der Waals surface area contributed by atoms with Crippen LogP contribution >= 0.6 is 0 Å². The number of hydrogen-bond donors (Lipinski definition) is 1. The van der Waals surface area contributed by atoms with Crippen molar-refractivity contribution in [3.63, 3.8) is 0 Å². The molecule has 0 unspecified atom stereocenters. The lowest BCUT2D eigenvalue weighted by molar-refractivity contribution is -0.160. The number of pyridine rings is 1. The van der Waals surface area contributed by atoms with E-state index in [1.54, 1.807) is 18.3 Å². The van der Waals surface area contributed by atoms with Crippen LogP contribution < -0.4 is 4.74 Å². The third kappa shape index (κ3) is 4.36. The summed E-state index contributed by atoms with van der Waals surface area (Å²) in [6.07, 6.45) is 3.74. The first-order valence-electron chi connectivity index (χ1n) is 10.0. The van der Waals surface area contributed by atoms with Crippen molar-refractivity contribution in [2.45, 2.75) is 38.2 Å². The summed E-state index contributed by atoms with van der Waals surface area (Å²) in [6.45, 7) is 2.81. The van der Waals surface area contributed by atoms with Gasteiger partial charge in [0.2, 0.25) is 5.89 Å². The number of hydrogen-bond acceptors (Lipinski definition) is 6. The molecule has 1 aromatic carbocycles. The van der Waals surface area contributed by atoms with E-state index in [9.17, 15) is 9.90 Å². The van der Waals surface area contributed by atoms with Gasteiger partial charge in [-0.15, -0.1) is 0 Å². The number of carboxylic acid groups (broad SMARTS) is 1. The minimum absolute atomic E-state index is 0.253. The van der Waals surface area contributed by atoms with Crippen molar-refractivity contribution >= 4 is 5.97 Å². The maximum Gasteiger partial charge on any atom is 0.336 e. The molecule has 2 aromatic heterocycles. The first-order chi connectivity index (χ1) is 14.6. The van der Waals surface area contributed by atoms with Crippen molar-refractivity contribution in [1.29, 1.82) is 0 Å². The fraction of sp³-hybridized carbons (Fsp3) is 0.348. The third-order valence-corrected chi connectivity index (χ3v) is 5.28. The first kappa shape index (κ1) is 20.1. The Morgan fingerprint density at radius 3 is 2.73 bits per heavy atom. The molecule has 1 fully saturated rings. The summed E-state index contributed by atoms with van der Waals surface area (Å²) in [5, 5.41) is 9.51. The van der Waals surface area contributed by atoms with Gasteiger partial charge in [-0.05, 0) is 44.0 Å². The normalized spacial score (nSPS) is 18.4. The van der Waals surface area contributed by atoms with Gasteiger partial charge < -0.3 is 19.0 Å². The van der Waals surface area contributed by atoms with E-state index in [-0.39, 0.29) is 6.42 Å². The molecule has 0 saturated carbocycles. The molecule has 0 bridgehead atoms. The average Bonchev–Trinajstić information content (AvgIpc) is 3.38. The summed E-state index contributed by atoms with van der Waals surface area (Å²) in [5.41, 5.74) is 1.32. The van der Waals surface area contributed by atoms with Crippen molar-refractivity contribution in [2.24, 2.45) is 0 Å². The van der Waals surface area contributed by atoms with E-state index in [0.717, 1.165) is 23.4 Å². The quantitative estimate of drug-likeness (QED) is 0.605.